The molecular weight excluding hydrogens is 544 g/mol. The van der Waals surface area contributed by atoms with Crippen LogP contribution in [0.4, 0.5) is 5.69 Å². The van der Waals surface area contributed by atoms with Crippen molar-refractivity contribution in [2.24, 2.45) is 0 Å². The Morgan fingerprint density at radius 2 is 0.944 bits per heavy atom. The van der Waals surface area contributed by atoms with Gasteiger partial charge in [0.05, 0.1) is 5.69 Å². The minimum absolute atomic E-state index is 0.484. The van der Waals surface area contributed by atoms with E-state index in [-0.39, 0.29) is 0 Å². The van der Waals surface area contributed by atoms with Gasteiger partial charge in [-0.2, -0.15) is 0 Å². The van der Waals surface area contributed by atoms with Crippen LogP contribution in [0.25, 0.3) is 0 Å². The van der Waals surface area contributed by atoms with Gasteiger partial charge >= 0.3 is 0 Å². The molecule has 0 bridgehead atoms. The Hall–Kier alpha value is -2.96. The van der Waals surface area contributed by atoms with Crippen molar-refractivity contribution in [2.75, 3.05) is 11.0 Å². The zero-order valence-electron chi connectivity index (χ0n) is 19.7. The Morgan fingerprint density at radius 3 is 1.36 bits per heavy atom. The lowest BCUT2D eigenvalue weighted by Crippen LogP contribution is -2.33. The van der Waals surface area contributed by atoms with Crippen LogP contribution in [0.1, 0.15) is 0 Å². The smallest absolute Gasteiger partial charge is 0.181 e. The maximum atomic E-state index is 15.4. The predicted molar refractivity (Wildman–Crippen MR) is 161 cm³/mol. The van der Waals surface area contributed by atoms with Gasteiger partial charge in [0.25, 0.3) is 0 Å². The second-order valence-electron chi connectivity index (χ2n) is 8.65. The molecule has 0 radical (unpaired) electrons. The molecule has 5 aromatic carbocycles. The monoisotopic (exact) mass is 570 g/mol. The Balaban J connectivity index is 1.78. The molecule has 0 fully saturated rings. The van der Waals surface area contributed by atoms with E-state index in [2.05, 4.69) is 81.7 Å². The Kier molecular flexibility index (Phi) is 7.54. The van der Waals surface area contributed by atoms with Gasteiger partial charge in [-0.05, 0) is 48.5 Å². The van der Waals surface area contributed by atoms with E-state index in [0.29, 0.717) is 5.90 Å². The van der Waals surface area contributed by atoms with Crippen LogP contribution in [-0.2, 0) is 4.57 Å². The molecule has 5 heteroatoms. The van der Waals surface area contributed by atoms with Crippen molar-refractivity contribution in [3.8, 4) is 0 Å². The lowest BCUT2D eigenvalue weighted by Gasteiger charge is -2.32. The summed E-state index contributed by atoms with van der Waals surface area (Å²) in [5, 5.41) is 8.07. The van der Waals surface area contributed by atoms with Crippen molar-refractivity contribution in [2.45, 2.75) is 0 Å². The summed E-state index contributed by atoms with van der Waals surface area (Å²) >= 11 is 3.56. The maximum Gasteiger partial charge on any atom is 0.181 e. The van der Waals surface area contributed by atoms with E-state index in [1.165, 1.54) is 10.6 Å². The molecule has 5 rings (SSSR count). The van der Waals surface area contributed by atoms with E-state index in [0.717, 1.165) is 20.8 Å². The number of hydrogen-bond acceptors (Lipinski definition) is 2. The van der Waals surface area contributed by atoms with Crippen LogP contribution < -0.4 is 26.3 Å². The highest BCUT2D eigenvalue weighted by molar-refractivity contribution is 9.10. The summed E-state index contributed by atoms with van der Waals surface area (Å²) in [5.41, 5.74) is 1.01. The zero-order valence-corrected chi connectivity index (χ0v) is 23.1. The van der Waals surface area contributed by atoms with Gasteiger partial charge in [-0.3, -0.25) is 5.09 Å². The van der Waals surface area contributed by atoms with Gasteiger partial charge in [0.2, 0.25) is 0 Å². The minimum atomic E-state index is -3.05. The summed E-state index contributed by atoms with van der Waals surface area (Å²) in [7, 11) is -5.46. The third-order valence-corrected chi connectivity index (χ3v) is 15.4. The van der Waals surface area contributed by atoms with Crippen LogP contribution in [0.3, 0.4) is 0 Å². The number of halogens is 1. The maximum absolute atomic E-state index is 15.4. The molecule has 178 valence electrons. The van der Waals surface area contributed by atoms with Gasteiger partial charge in [0.15, 0.2) is 14.6 Å². The van der Waals surface area contributed by atoms with Gasteiger partial charge in [0.1, 0.15) is 16.5 Å². The van der Waals surface area contributed by atoms with Crippen molar-refractivity contribution < 1.29 is 4.57 Å². The number of anilines is 1. The molecule has 0 amide bonds. The molecule has 0 heterocycles. The van der Waals surface area contributed by atoms with Gasteiger partial charge in [-0.25, -0.2) is 0 Å². The Labute approximate surface area is 222 Å². The molecule has 1 N–H and O–H groups in total. The molecule has 0 aliphatic heterocycles. The molecule has 0 aliphatic carbocycles. The zero-order chi connectivity index (χ0) is 24.8. The fraction of sp³-hybridized carbons (Fsp3) is 0.0323. The van der Waals surface area contributed by atoms with Crippen molar-refractivity contribution in [3.05, 3.63) is 150 Å². The summed E-state index contributed by atoms with van der Waals surface area (Å²) in [6.07, 6.45) is 0. The molecule has 0 saturated heterocycles. The highest BCUT2D eigenvalue weighted by atomic mass is 79.9. The number of hydrogen-bond donors (Lipinski definition) is 1. The van der Waals surface area contributed by atoms with E-state index in [4.69, 9.17) is 0 Å². The number of nitrogens with one attached hydrogen (secondary N) is 1. The quantitative estimate of drug-likeness (QED) is 0.197. The average Bonchev–Trinajstić information content (AvgIpc) is 2.96. The predicted octanol–water partition coefficient (Wildman–Crippen LogP) is 7.42. The van der Waals surface area contributed by atoms with E-state index < -0.39 is 14.6 Å². The first kappa shape index (κ1) is 24.7. The summed E-state index contributed by atoms with van der Waals surface area (Å²) in [5.74, 6) is 0.484. The van der Waals surface area contributed by atoms with Crippen LogP contribution in [0.2, 0.25) is 0 Å². The normalized spacial score (nSPS) is 11.7. The molecule has 0 saturated carbocycles. The molecule has 0 spiro atoms. The lowest BCUT2D eigenvalue weighted by atomic mass is 10.3. The van der Waals surface area contributed by atoms with Crippen molar-refractivity contribution in [1.29, 1.82) is 0 Å². The van der Waals surface area contributed by atoms with Gasteiger partial charge in [0, 0.05) is 15.1 Å². The highest BCUT2D eigenvalue weighted by Crippen LogP contribution is 2.66. The van der Waals surface area contributed by atoms with Gasteiger partial charge < -0.3 is 4.57 Å². The molecule has 0 unspecified atom stereocenters. The van der Waals surface area contributed by atoms with Crippen molar-refractivity contribution >= 4 is 57.4 Å². The van der Waals surface area contributed by atoms with Crippen LogP contribution in [0.15, 0.2) is 150 Å². The molecule has 0 aromatic heterocycles. The molecule has 0 aliphatic rings. The molecular formula is C31H27BrNOP2+. The largest absolute Gasteiger partial charge is 0.310 e. The van der Waals surface area contributed by atoms with Gasteiger partial charge in [-0.1, -0.05) is 113 Å². The second-order valence-corrected chi connectivity index (χ2v) is 16.1. The summed E-state index contributed by atoms with van der Waals surface area (Å²) in [6.45, 7) is 0. The van der Waals surface area contributed by atoms with E-state index in [9.17, 15) is 0 Å². The number of rotatable bonds is 8. The van der Waals surface area contributed by atoms with Crippen LogP contribution in [-0.4, -0.2) is 5.90 Å². The fourth-order valence-electron chi connectivity index (χ4n) is 4.54. The first-order valence-electron chi connectivity index (χ1n) is 11.8. The van der Waals surface area contributed by atoms with E-state index in [1.807, 2.05) is 84.9 Å². The van der Waals surface area contributed by atoms with Crippen LogP contribution in [0, 0.1) is 0 Å². The van der Waals surface area contributed by atoms with Gasteiger partial charge in [-0.15, -0.1) is 0 Å². The first-order valence-corrected chi connectivity index (χ1v) is 16.5. The highest BCUT2D eigenvalue weighted by Gasteiger charge is 2.50. The summed E-state index contributed by atoms with van der Waals surface area (Å²) in [4.78, 5) is 0. The van der Waals surface area contributed by atoms with Crippen molar-refractivity contribution in [3.63, 3.8) is 0 Å². The number of benzene rings is 5. The summed E-state index contributed by atoms with van der Waals surface area (Å²) in [6, 6.07) is 49.3. The second kappa shape index (κ2) is 11.0. The average molecular weight is 571 g/mol. The molecule has 36 heavy (non-hydrogen) atoms. The Morgan fingerprint density at radius 1 is 0.556 bits per heavy atom. The Bertz CT molecular complexity index is 1360. The SMILES string of the molecule is O=P(C[P+](Nc1ccc(Br)cc1)(c1ccccc1)c1ccccc1)(c1ccccc1)c1ccccc1. The molecule has 5 aromatic rings. The topological polar surface area (TPSA) is 29.1 Å². The van der Waals surface area contributed by atoms with Crippen LogP contribution in [0.5, 0.6) is 0 Å². The first-order chi connectivity index (χ1) is 17.6. The third-order valence-electron chi connectivity index (χ3n) is 6.32. The standard InChI is InChI=1S/C31H27BrNOP2/c32-26-21-23-27(24-22-26)33-35(28-13-5-1-6-14-28,29-15-7-2-8-16-29)25-36(34,30-17-9-3-10-18-30)31-19-11-4-12-20-31/h1-24,33H,25H2/q+1. The van der Waals surface area contributed by atoms with Crippen molar-refractivity contribution in [1.82, 2.24) is 0 Å². The minimum Gasteiger partial charge on any atom is -0.310 e. The van der Waals surface area contributed by atoms with E-state index >= 15 is 4.57 Å². The lowest BCUT2D eigenvalue weighted by molar-refractivity contribution is 0.589. The third kappa shape index (κ3) is 5.11. The van der Waals surface area contributed by atoms with Crippen LogP contribution >= 0.6 is 30.5 Å². The van der Waals surface area contributed by atoms with E-state index in [1.54, 1.807) is 0 Å². The molecule has 0 atom stereocenters. The molecule has 2 nitrogen and oxygen atoms in total. The summed E-state index contributed by atoms with van der Waals surface area (Å²) < 4.78 is 16.4. The fourth-order valence-corrected chi connectivity index (χ4v) is 14.2.